The number of hydrogen-bond acceptors (Lipinski definition) is 2. The second kappa shape index (κ2) is 4.88. The van der Waals surface area contributed by atoms with Gasteiger partial charge in [0.05, 0.1) is 16.7 Å². The topological polar surface area (TPSA) is 21.3 Å². The minimum absolute atomic E-state index is 0.175. The average molecular weight is 312 g/mol. The van der Waals surface area contributed by atoms with Crippen LogP contribution in [-0.4, -0.2) is 26.3 Å². The van der Waals surface area contributed by atoms with Crippen LogP contribution >= 0.6 is 23.2 Å². The summed E-state index contributed by atoms with van der Waals surface area (Å²) in [4.78, 5) is 0. The summed E-state index contributed by atoms with van der Waals surface area (Å²) in [6.45, 7) is 3.95. The molecule has 1 N–H and O–H groups in total. The first-order valence-corrected chi connectivity index (χ1v) is 8.21. The van der Waals surface area contributed by atoms with Gasteiger partial charge in [-0.25, -0.2) is 0 Å². The highest BCUT2D eigenvalue weighted by molar-refractivity contribution is 6.42. The van der Waals surface area contributed by atoms with E-state index >= 15 is 0 Å². The first kappa shape index (κ1) is 13.4. The molecule has 2 saturated carbocycles. The molecule has 1 aromatic rings. The van der Waals surface area contributed by atoms with Gasteiger partial charge in [0.25, 0.3) is 0 Å². The molecule has 4 rings (SSSR count). The maximum Gasteiger partial charge on any atom is 0.0595 e. The van der Waals surface area contributed by atoms with Gasteiger partial charge in [0.15, 0.2) is 0 Å². The van der Waals surface area contributed by atoms with E-state index in [0.717, 1.165) is 32.2 Å². The molecular weight excluding hydrogens is 293 g/mol. The van der Waals surface area contributed by atoms with Gasteiger partial charge in [-0.15, -0.1) is 0 Å². The summed E-state index contributed by atoms with van der Waals surface area (Å²) >= 11 is 12.3. The zero-order valence-electron chi connectivity index (χ0n) is 11.4. The summed E-state index contributed by atoms with van der Waals surface area (Å²) in [6.07, 6.45) is 2.68. The van der Waals surface area contributed by atoms with Crippen molar-refractivity contribution < 1.29 is 4.74 Å². The molecule has 3 aliphatic rings. The van der Waals surface area contributed by atoms with Crippen molar-refractivity contribution in [2.24, 2.45) is 17.8 Å². The molecule has 1 heterocycles. The molecule has 1 aliphatic heterocycles. The summed E-state index contributed by atoms with van der Waals surface area (Å²) in [5.41, 5.74) is 1.48. The molecule has 0 radical (unpaired) electrons. The summed E-state index contributed by atoms with van der Waals surface area (Å²) in [6, 6.07) is 6.10. The van der Waals surface area contributed by atoms with Crippen LogP contribution in [0, 0.1) is 17.8 Å². The van der Waals surface area contributed by atoms with E-state index in [1.165, 1.54) is 18.4 Å². The standard InChI is InChI=1S/C16H19Cl2NO/c17-14-4-3-11(5-15(14)18)16(9-20-8-10-1-2-10)12-6-19-7-13(12)16/h3-5,10,12-13,19H,1-2,6-9H2/t12-,13?,16?/m0/s1. The lowest BCUT2D eigenvalue weighted by atomic mass is 9.91. The highest BCUT2D eigenvalue weighted by atomic mass is 35.5. The Morgan fingerprint density at radius 3 is 2.55 bits per heavy atom. The lowest BCUT2D eigenvalue weighted by molar-refractivity contribution is 0.0949. The van der Waals surface area contributed by atoms with Gasteiger partial charge in [0.2, 0.25) is 0 Å². The van der Waals surface area contributed by atoms with Gasteiger partial charge >= 0.3 is 0 Å². The second-order valence-electron chi connectivity index (χ2n) is 6.50. The molecular formula is C16H19Cl2NO. The number of benzene rings is 1. The van der Waals surface area contributed by atoms with Crippen LogP contribution in [0.1, 0.15) is 18.4 Å². The third kappa shape index (κ3) is 2.09. The number of rotatable bonds is 5. The zero-order chi connectivity index (χ0) is 13.7. The summed E-state index contributed by atoms with van der Waals surface area (Å²) in [5, 5.41) is 4.76. The first-order chi connectivity index (χ1) is 9.72. The number of nitrogens with one attached hydrogen (secondary N) is 1. The highest BCUT2D eigenvalue weighted by Crippen LogP contribution is 2.62. The van der Waals surface area contributed by atoms with Crippen molar-refractivity contribution in [1.82, 2.24) is 5.32 Å². The molecule has 2 nitrogen and oxygen atoms in total. The molecule has 1 aromatic carbocycles. The number of halogens is 2. The molecule has 4 heteroatoms. The zero-order valence-corrected chi connectivity index (χ0v) is 12.9. The van der Waals surface area contributed by atoms with Gasteiger partial charge in [0.1, 0.15) is 0 Å². The van der Waals surface area contributed by atoms with Crippen LogP contribution in [0.25, 0.3) is 0 Å². The minimum Gasteiger partial charge on any atom is -0.380 e. The lowest BCUT2D eigenvalue weighted by Gasteiger charge is -2.22. The third-order valence-electron chi connectivity index (χ3n) is 5.28. The van der Waals surface area contributed by atoms with Crippen molar-refractivity contribution in [1.29, 1.82) is 0 Å². The molecule has 2 aliphatic carbocycles. The second-order valence-corrected chi connectivity index (χ2v) is 7.31. The summed E-state index contributed by atoms with van der Waals surface area (Å²) in [5.74, 6) is 2.20. The van der Waals surface area contributed by atoms with Crippen LogP contribution in [-0.2, 0) is 10.2 Å². The van der Waals surface area contributed by atoms with Crippen LogP contribution < -0.4 is 5.32 Å². The highest BCUT2D eigenvalue weighted by Gasteiger charge is 2.67. The Morgan fingerprint density at radius 2 is 1.90 bits per heavy atom. The Morgan fingerprint density at radius 1 is 1.15 bits per heavy atom. The van der Waals surface area contributed by atoms with E-state index in [9.17, 15) is 0 Å². The van der Waals surface area contributed by atoms with Gasteiger partial charge in [-0.3, -0.25) is 0 Å². The number of fused-ring (bicyclic) bond motifs is 1. The predicted molar refractivity (Wildman–Crippen MR) is 81.5 cm³/mol. The Balaban J connectivity index is 1.56. The van der Waals surface area contributed by atoms with E-state index in [-0.39, 0.29) is 5.41 Å². The molecule has 108 valence electrons. The molecule has 3 fully saturated rings. The minimum atomic E-state index is 0.175. The number of hydrogen-bond donors (Lipinski definition) is 1. The van der Waals surface area contributed by atoms with E-state index in [1.54, 1.807) is 0 Å². The van der Waals surface area contributed by atoms with E-state index in [2.05, 4.69) is 11.4 Å². The Labute approximate surface area is 129 Å². The van der Waals surface area contributed by atoms with Crippen molar-refractivity contribution in [2.75, 3.05) is 26.3 Å². The Kier molecular flexibility index (Phi) is 3.26. The molecule has 1 saturated heterocycles. The van der Waals surface area contributed by atoms with Gasteiger partial charge in [0, 0.05) is 12.0 Å². The van der Waals surface area contributed by atoms with Crippen molar-refractivity contribution in [3.05, 3.63) is 33.8 Å². The Hall–Kier alpha value is -0.280. The molecule has 0 spiro atoms. The van der Waals surface area contributed by atoms with Gasteiger partial charge in [-0.2, -0.15) is 0 Å². The maximum absolute atomic E-state index is 6.21. The quantitative estimate of drug-likeness (QED) is 0.898. The van der Waals surface area contributed by atoms with Gasteiger partial charge in [-0.05, 0) is 61.4 Å². The van der Waals surface area contributed by atoms with Crippen LogP contribution in [0.3, 0.4) is 0 Å². The van der Waals surface area contributed by atoms with Crippen molar-refractivity contribution in [2.45, 2.75) is 18.3 Å². The molecule has 0 aromatic heterocycles. The number of piperidine rings is 1. The van der Waals surface area contributed by atoms with Gasteiger partial charge in [-0.1, -0.05) is 29.3 Å². The molecule has 20 heavy (non-hydrogen) atoms. The van der Waals surface area contributed by atoms with Gasteiger partial charge < -0.3 is 10.1 Å². The van der Waals surface area contributed by atoms with Crippen LogP contribution in [0.5, 0.6) is 0 Å². The number of ether oxygens (including phenoxy) is 1. The van der Waals surface area contributed by atoms with E-state index in [1.807, 2.05) is 12.1 Å². The van der Waals surface area contributed by atoms with Crippen LogP contribution in [0.4, 0.5) is 0 Å². The fourth-order valence-corrected chi connectivity index (χ4v) is 4.14. The largest absolute Gasteiger partial charge is 0.380 e. The maximum atomic E-state index is 6.21. The van der Waals surface area contributed by atoms with E-state index in [0.29, 0.717) is 21.9 Å². The molecule has 0 bridgehead atoms. The van der Waals surface area contributed by atoms with Crippen molar-refractivity contribution >= 4 is 23.2 Å². The summed E-state index contributed by atoms with van der Waals surface area (Å²) < 4.78 is 6.04. The fourth-order valence-electron chi connectivity index (χ4n) is 3.84. The van der Waals surface area contributed by atoms with Crippen molar-refractivity contribution in [3.8, 4) is 0 Å². The van der Waals surface area contributed by atoms with E-state index in [4.69, 9.17) is 27.9 Å². The molecule has 0 amide bonds. The molecule has 2 unspecified atom stereocenters. The predicted octanol–water partition coefficient (Wildman–Crippen LogP) is 3.51. The fraction of sp³-hybridized carbons (Fsp3) is 0.625. The lowest BCUT2D eigenvalue weighted by Crippen LogP contribution is -2.30. The average Bonchev–Trinajstić information content (AvgIpc) is 3.31. The SMILES string of the molecule is Clc1ccc(C2(COCC3CC3)C3CNC[C@@H]32)cc1Cl. The molecule has 3 atom stereocenters. The van der Waals surface area contributed by atoms with Crippen LogP contribution in [0.2, 0.25) is 10.0 Å². The summed E-state index contributed by atoms with van der Waals surface area (Å²) in [7, 11) is 0. The first-order valence-electron chi connectivity index (χ1n) is 7.46. The van der Waals surface area contributed by atoms with E-state index < -0.39 is 0 Å². The third-order valence-corrected chi connectivity index (χ3v) is 6.02. The monoisotopic (exact) mass is 311 g/mol. The van der Waals surface area contributed by atoms with Crippen molar-refractivity contribution in [3.63, 3.8) is 0 Å². The van der Waals surface area contributed by atoms with Crippen LogP contribution in [0.15, 0.2) is 18.2 Å². The smallest absolute Gasteiger partial charge is 0.0595 e. The normalized spacial score (nSPS) is 35.1. The Bertz CT molecular complexity index is 519.